The van der Waals surface area contributed by atoms with E-state index in [1.54, 1.807) is 0 Å². The largest absolute Gasteiger partial charge is 0.261 e. The monoisotopic (exact) mass is 201 g/mol. The second-order valence-electron chi connectivity index (χ2n) is 4.48. The Balaban J connectivity index is 1.94. The first-order chi connectivity index (χ1) is 7.34. The van der Waals surface area contributed by atoms with Crippen LogP contribution in [0.2, 0.25) is 0 Å². The standard InChI is InChI=1S/C14H19N/c1-12-7-9-14(15-11-12)10-8-13-5-3-2-4-6-13/h5,8-12H,2-4,6-7H2,1H3/b10-8+. The fraction of sp³-hybridized carbons (Fsp3) is 0.500. The van der Waals surface area contributed by atoms with Gasteiger partial charge in [-0.15, -0.1) is 0 Å². The van der Waals surface area contributed by atoms with Crippen molar-refractivity contribution in [2.45, 2.75) is 39.0 Å². The number of nitrogens with zero attached hydrogens (tertiary/aromatic N) is 1. The topological polar surface area (TPSA) is 12.4 Å². The van der Waals surface area contributed by atoms with Gasteiger partial charge in [0, 0.05) is 6.21 Å². The third kappa shape index (κ3) is 3.19. The molecule has 1 aliphatic heterocycles. The lowest BCUT2D eigenvalue weighted by Gasteiger charge is -2.10. The summed E-state index contributed by atoms with van der Waals surface area (Å²) in [4.78, 5) is 4.42. The van der Waals surface area contributed by atoms with Crippen molar-refractivity contribution < 1.29 is 0 Å². The molecule has 0 N–H and O–H groups in total. The average molecular weight is 201 g/mol. The van der Waals surface area contributed by atoms with Crippen LogP contribution < -0.4 is 0 Å². The van der Waals surface area contributed by atoms with Crippen LogP contribution in [0.25, 0.3) is 0 Å². The molecule has 0 fully saturated rings. The molecule has 1 nitrogen and oxygen atoms in total. The van der Waals surface area contributed by atoms with Gasteiger partial charge in [0.1, 0.15) is 0 Å². The maximum Gasteiger partial charge on any atom is 0.0586 e. The Hall–Kier alpha value is -1.11. The highest BCUT2D eigenvalue weighted by atomic mass is 14.7. The van der Waals surface area contributed by atoms with Gasteiger partial charge >= 0.3 is 0 Å². The molecule has 0 bridgehead atoms. The quantitative estimate of drug-likeness (QED) is 0.639. The maximum absolute atomic E-state index is 4.42. The Labute approximate surface area is 92.3 Å². The lowest BCUT2D eigenvalue weighted by Crippen LogP contribution is -1.99. The Kier molecular flexibility index (Phi) is 3.54. The van der Waals surface area contributed by atoms with E-state index in [0.717, 1.165) is 12.1 Å². The van der Waals surface area contributed by atoms with Crippen LogP contribution in [-0.4, -0.2) is 6.21 Å². The molecule has 80 valence electrons. The average Bonchev–Trinajstić information content (AvgIpc) is 2.30. The van der Waals surface area contributed by atoms with Gasteiger partial charge in [0.05, 0.1) is 5.70 Å². The summed E-state index contributed by atoms with van der Waals surface area (Å²) >= 11 is 0. The van der Waals surface area contributed by atoms with Crippen LogP contribution in [0.3, 0.4) is 0 Å². The molecule has 2 aliphatic rings. The van der Waals surface area contributed by atoms with E-state index in [4.69, 9.17) is 0 Å². The van der Waals surface area contributed by atoms with Gasteiger partial charge in [-0.2, -0.15) is 0 Å². The summed E-state index contributed by atoms with van der Waals surface area (Å²) in [5, 5.41) is 0. The fourth-order valence-corrected chi connectivity index (χ4v) is 1.95. The minimum Gasteiger partial charge on any atom is -0.261 e. The summed E-state index contributed by atoms with van der Waals surface area (Å²) in [5.74, 6) is 0.607. The molecule has 2 rings (SSSR count). The zero-order valence-corrected chi connectivity index (χ0v) is 9.45. The molecular formula is C14H19N. The molecule has 0 aromatic carbocycles. The van der Waals surface area contributed by atoms with Crippen LogP contribution in [-0.2, 0) is 0 Å². The van der Waals surface area contributed by atoms with Crippen molar-refractivity contribution in [3.8, 4) is 0 Å². The molecule has 1 heterocycles. The fourth-order valence-electron chi connectivity index (χ4n) is 1.95. The third-order valence-corrected chi connectivity index (χ3v) is 2.97. The Morgan fingerprint density at radius 1 is 1.27 bits per heavy atom. The van der Waals surface area contributed by atoms with Gasteiger partial charge in [0.25, 0.3) is 0 Å². The maximum atomic E-state index is 4.42. The smallest absolute Gasteiger partial charge is 0.0586 e. The molecular weight excluding hydrogens is 182 g/mol. The highest BCUT2D eigenvalue weighted by Gasteiger charge is 2.03. The molecule has 1 unspecified atom stereocenters. The number of aliphatic imine (C=N–C) groups is 1. The van der Waals surface area contributed by atoms with Gasteiger partial charge < -0.3 is 0 Å². The molecule has 0 aromatic rings. The highest BCUT2D eigenvalue weighted by Crippen LogP contribution is 2.20. The lowest BCUT2D eigenvalue weighted by molar-refractivity contribution is 0.712. The summed E-state index contributed by atoms with van der Waals surface area (Å²) in [6, 6.07) is 0. The zero-order valence-electron chi connectivity index (χ0n) is 9.45. The number of allylic oxidation sites excluding steroid dienone is 5. The van der Waals surface area contributed by atoms with E-state index < -0.39 is 0 Å². The predicted molar refractivity (Wildman–Crippen MR) is 66.0 cm³/mol. The van der Waals surface area contributed by atoms with E-state index in [-0.39, 0.29) is 0 Å². The van der Waals surface area contributed by atoms with Gasteiger partial charge in [-0.25, -0.2) is 0 Å². The van der Waals surface area contributed by atoms with Gasteiger partial charge in [-0.1, -0.05) is 30.7 Å². The van der Waals surface area contributed by atoms with Crippen molar-refractivity contribution in [2.75, 3.05) is 0 Å². The first-order valence-electron chi connectivity index (χ1n) is 5.96. The third-order valence-electron chi connectivity index (χ3n) is 2.97. The molecule has 0 radical (unpaired) electrons. The van der Waals surface area contributed by atoms with Crippen LogP contribution in [0.4, 0.5) is 0 Å². The zero-order chi connectivity index (χ0) is 10.5. The predicted octanol–water partition coefficient (Wildman–Crippen LogP) is 4.04. The molecule has 0 saturated heterocycles. The molecule has 0 amide bonds. The number of rotatable bonds is 2. The van der Waals surface area contributed by atoms with Gasteiger partial charge in [0.2, 0.25) is 0 Å². The van der Waals surface area contributed by atoms with E-state index in [1.807, 2.05) is 0 Å². The first kappa shape index (κ1) is 10.4. The summed E-state index contributed by atoms with van der Waals surface area (Å²) in [6.45, 7) is 2.20. The molecule has 0 saturated carbocycles. The Morgan fingerprint density at radius 3 is 2.87 bits per heavy atom. The SMILES string of the molecule is CC1C=NC(/C=C/C2=CCCCC2)=CC1. The molecule has 0 spiro atoms. The summed E-state index contributed by atoms with van der Waals surface area (Å²) in [6.07, 6.45) is 17.3. The van der Waals surface area contributed by atoms with Crippen LogP contribution in [0.15, 0.2) is 40.6 Å². The van der Waals surface area contributed by atoms with Crippen molar-refractivity contribution in [3.63, 3.8) is 0 Å². The molecule has 1 heteroatoms. The van der Waals surface area contributed by atoms with E-state index in [0.29, 0.717) is 5.92 Å². The van der Waals surface area contributed by atoms with Crippen molar-refractivity contribution in [2.24, 2.45) is 10.9 Å². The summed E-state index contributed by atoms with van der Waals surface area (Å²) < 4.78 is 0. The van der Waals surface area contributed by atoms with E-state index in [9.17, 15) is 0 Å². The number of hydrogen-bond donors (Lipinski definition) is 0. The van der Waals surface area contributed by atoms with E-state index >= 15 is 0 Å². The lowest BCUT2D eigenvalue weighted by atomic mass is 9.99. The van der Waals surface area contributed by atoms with Crippen LogP contribution in [0.5, 0.6) is 0 Å². The second-order valence-corrected chi connectivity index (χ2v) is 4.48. The Morgan fingerprint density at radius 2 is 2.20 bits per heavy atom. The Bertz CT molecular complexity index is 331. The second kappa shape index (κ2) is 5.11. The molecule has 15 heavy (non-hydrogen) atoms. The van der Waals surface area contributed by atoms with E-state index in [2.05, 4.69) is 42.4 Å². The molecule has 0 aromatic heterocycles. The van der Waals surface area contributed by atoms with Crippen LogP contribution >= 0.6 is 0 Å². The van der Waals surface area contributed by atoms with Crippen molar-refractivity contribution in [1.82, 2.24) is 0 Å². The van der Waals surface area contributed by atoms with Gasteiger partial charge in [0.15, 0.2) is 0 Å². The van der Waals surface area contributed by atoms with E-state index in [1.165, 1.54) is 31.3 Å². The summed E-state index contributed by atoms with van der Waals surface area (Å²) in [7, 11) is 0. The first-order valence-corrected chi connectivity index (χ1v) is 5.96. The normalized spacial score (nSPS) is 26.6. The van der Waals surface area contributed by atoms with Crippen LogP contribution in [0, 0.1) is 5.92 Å². The molecule has 1 aliphatic carbocycles. The highest BCUT2D eigenvalue weighted by molar-refractivity contribution is 5.64. The van der Waals surface area contributed by atoms with Crippen molar-refractivity contribution in [3.05, 3.63) is 35.6 Å². The molecule has 1 atom stereocenters. The van der Waals surface area contributed by atoms with Gasteiger partial charge in [-0.05, 0) is 44.1 Å². The summed E-state index contributed by atoms with van der Waals surface area (Å²) in [5.41, 5.74) is 2.61. The van der Waals surface area contributed by atoms with Crippen molar-refractivity contribution in [1.29, 1.82) is 0 Å². The van der Waals surface area contributed by atoms with Gasteiger partial charge in [-0.3, -0.25) is 4.99 Å². The van der Waals surface area contributed by atoms with Crippen LogP contribution in [0.1, 0.15) is 39.0 Å². The minimum absolute atomic E-state index is 0.607. The number of hydrogen-bond acceptors (Lipinski definition) is 1. The van der Waals surface area contributed by atoms with Crippen molar-refractivity contribution >= 4 is 6.21 Å². The minimum atomic E-state index is 0.607.